The SMILES string of the molecule is c1ccc(-c2c(-c3c4ccccc4c(-c4cccc5ccccc45)c4ccccc34)sc3ccc4c5ccccc5oc4c23)cc1. The van der Waals surface area contributed by atoms with Crippen LogP contribution in [-0.2, 0) is 0 Å². The molecule has 2 heteroatoms. The first kappa shape index (κ1) is 25.6. The van der Waals surface area contributed by atoms with Gasteiger partial charge in [0.1, 0.15) is 11.2 Å². The van der Waals surface area contributed by atoms with Gasteiger partial charge in [-0.1, -0.05) is 140 Å². The second-order valence-electron chi connectivity index (χ2n) is 12.0. The Morgan fingerprint density at radius 1 is 0.391 bits per heavy atom. The monoisotopic (exact) mass is 602 g/mol. The highest BCUT2D eigenvalue weighted by atomic mass is 32.1. The van der Waals surface area contributed by atoms with E-state index < -0.39 is 0 Å². The Labute approximate surface area is 269 Å². The first-order valence-electron chi connectivity index (χ1n) is 15.7. The maximum atomic E-state index is 6.68. The quantitative estimate of drug-likeness (QED) is 0.183. The van der Waals surface area contributed by atoms with E-state index >= 15 is 0 Å². The predicted octanol–water partition coefficient (Wildman–Crippen LogP) is 13.3. The zero-order valence-electron chi connectivity index (χ0n) is 24.8. The summed E-state index contributed by atoms with van der Waals surface area (Å²) in [7, 11) is 0. The third kappa shape index (κ3) is 3.62. The molecule has 10 aromatic rings. The van der Waals surface area contributed by atoms with Crippen LogP contribution in [-0.4, -0.2) is 0 Å². The van der Waals surface area contributed by atoms with E-state index in [4.69, 9.17) is 4.42 Å². The van der Waals surface area contributed by atoms with E-state index in [1.165, 1.54) is 75.1 Å². The third-order valence-corrected chi connectivity index (χ3v) is 10.7. The van der Waals surface area contributed by atoms with Crippen molar-refractivity contribution in [2.75, 3.05) is 0 Å². The molecule has 0 radical (unpaired) electrons. The first-order valence-corrected chi connectivity index (χ1v) is 16.5. The van der Waals surface area contributed by atoms with E-state index in [2.05, 4.69) is 158 Å². The molecule has 0 unspecified atom stereocenters. The van der Waals surface area contributed by atoms with Crippen molar-refractivity contribution in [3.8, 4) is 32.7 Å². The fraction of sp³-hybridized carbons (Fsp3) is 0. The summed E-state index contributed by atoms with van der Waals surface area (Å²) in [5.41, 5.74) is 8.14. The van der Waals surface area contributed by atoms with Crippen LogP contribution >= 0.6 is 11.3 Å². The Kier molecular flexibility index (Phi) is 5.51. The van der Waals surface area contributed by atoms with E-state index in [9.17, 15) is 0 Å². The van der Waals surface area contributed by atoms with Gasteiger partial charge in [-0.2, -0.15) is 0 Å². The molecule has 10 rings (SSSR count). The summed E-state index contributed by atoms with van der Waals surface area (Å²) in [6, 6.07) is 57.1. The van der Waals surface area contributed by atoms with Crippen molar-refractivity contribution in [1.29, 1.82) is 0 Å². The van der Waals surface area contributed by atoms with Gasteiger partial charge in [-0.3, -0.25) is 0 Å². The van der Waals surface area contributed by atoms with Crippen LogP contribution in [0.5, 0.6) is 0 Å². The van der Waals surface area contributed by atoms with Crippen LogP contribution in [0.4, 0.5) is 0 Å². The van der Waals surface area contributed by atoms with Crippen LogP contribution in [0.2, 0.25) is 0 Å². The van der Waals surface area contributed by atoms with Crippen LogP contribution in [0, 0.1) is 0 Å². The average Bonchev–Trinajstić information content (AvgIpc) is 3.69. The lowest BCUT2D eigenvalue weighted by molar-refractivity contribution is 0.673. The van der Waals surface area contributed by atoms with Gasteiger partial charge in [0.05, 0.1) is 0 Å². The number of benzene rings is 8. The maximum Gasteiger partial charge on any atom is 0.144 e. The lowest BCUT2D eigenvalue weighted by atomic mass is 9.85. The fourth-order valence-electron chi connectivity index (χ4n) is 7.53. The van der Waals surface area contributed by atoms with Crippen LogP contribution in [0.25, 0.3) is 97.0 Å². The van der Waals surface area contributed by atoms with Crippen LogP contribution in [0.15, 0.2) is 162 Å². The van der Waals surface area contributed by atoms with E-state index in [1.54, 1.807) is 0 Å². The van der Waals surface area contributed by atoms with Gasteiger partial charge in [0.25, 0.3) is 0 Å². The second-order valence-corrected chi connectivity index (χ2v) is 13.0. The zero-order valence-corrected chi connectivity index (χ0v) is 25.6. The topological polar surface area (TPSA) is 13.1 Å². The molecule has 0 spiro atoms. The van der Waals surface area contributed by atoms with Crippen molar-refractivity contribution in [3.05, 3.63) is 158 Å². The van der Waals surface area contributed by atoms with E-state index in [-0.39, 0.29) is 0 Å². The molecule has 0 bridgehead atoms. The molecule has 0 fully saturated rings. The van der Waals surface area contributed by atoms with E-state index in [0.717, 1.165) is 21.9 Å². The number of thiophene rings is 1. The van der Waals surface area contributed by atoms with Crippen molar-refractivity contribution in [2.24, 2.45) is 0 Å². The lowest BCUT2D eigenvalue weighted by Gasteiger charge is -2.19. The molecule has 0 aliphatic rings. The van der Waals surface area contributed by atoms with Gasteiger partial charge in [0.2, 0.25) is 0 Å². The number of furan rings is 1. The molecule has 0 aliphatic heterocycles. The Morgan fingerprint density at radius 3 is 1.72 bits per heavy atom. The van der Waals surface area contributed by atoms with Crippen molar-refractivity contribution < 1.29 is 4.42 Å². The molecule has 0 aliphatic carbocycles. The summed E-state index contributed by atoms with van der Waals surface area (Å²) >= 11 is 1.87. The van der Waals surface area contributed by atoms with Gasteiger partial charge in [0, 0.05) is 36.9 Å². The second kappa shape index (κ2) is 9.90. The summed E-state index contributed by atoms with van der Waals surface area (Å²) in [5, 5.41) is 11.1. The molecule has 2 aromatic heterocycles. The first-order chi connectivity index (χ1) is 22.8. The van der Waals surface area contributed by atoms with Gasteiger partial charge in [0.15, 0.2) is 0 Å². The molecule has 1 nitrogen and oxygen atoms in total. The minimum atomic E-state index is 0.923. The zero-order chi connectivity index (χ0) is 30.2. The lowest BCUT2D eigenvalue weighted by Crippen LogP contribution is -1.91. The molecular weight excluding hydrogens is 577 g/mol. The highest BCUT2D eigenvalue weighted by molar-refractivity contribution is 7.23. The molecule has 2 heterocycles. The number of para-hydroxylation sites is 1. The summed E-state index contributed by atoms with van der Waals surface area (Å²) in [4.78, 5) is 1.27. The standard InChI is InChI=1S/C44H26OS/c1-2-14-28(15-3-1)39-42-38(26-25-36-30-18-10-11-24-37(30)45-43(36)42)46-44(39)41-34-21-8-6-19-32(34)40(33-20-7-9-22-35(33)41)31-23-12-16-27-13-4-5-17-29(27)31/h1-26H. The smallest absolute Gasteiger partial charge is 0.144 e. The summed E-state index contributed by atoms with van der Waals surface area (Å²) < 4.78 is 7.90. The Bertz CT molecular complexity index is 2740. The largest absolute Gasteiger partial charge is 0.455 e. The summed E-state index contributed by atoms with van der Waals surface area (Å²) in [6.07, 6.45) is 0. The molecule has 0 saturated heterocycles. The number of rotatable bonds is 3. The maximum absolute atomic E-state index is 6.68. The minimum Gasteiger partial charge on any atom is -0.455 e. The number of fused-ring (bicyclic) bond motifs is 8. The molecule has 0 saturated carbocycles. The van der Waals surface area contributed by atoms with Crippen molar-refractivity contribution in [3.63, 3.8) is 0 Å². The van der Waals surface area contributed by atoms with Crippen LogP contribution in [0.1, 0.15) is 0 Å². The third-order valence-electron chi connectivity index (χ3n) is 9.48. The molecule has 46 heavy (non-hydrogen) atoms. The van der Waals surface area contributed by atoms with Gasteiger partial charge in [-0.15, -0.1) is 11.3 Å². The van der Waals surface area contributed by atoms with E-state index in [0.29, 0.717) is 0 Å². The summed E-state index contributed by atoms with van der Waals surface area (Å²) in [5.74, 6) is 0. The number of hydrogen-bond acceptors (Lipinski definition) is 2. The molecule has 0 amide bonds. The average molecular weight is 603 g/mol. The van der Waals surface area contributed by atoms with Crippen molar-refractivity contribution in [2.45, 2.75) is 0 Å². The minimum absolute atomic E-state index is 0.923. The summed E-state index contributed by atoms with van der Waals surface area (Å²) in [6.45, 7) is 0. The van der Waals surface area contributed by atoms with Crippen molar-refractivity contribution >= 4 is 75.7 Å². The van der Waals surface area contributed by atoms with Gasteiger partial charge in [-0.05, 0) is 67.2 Å². The molecule has 214 valence electrons. The van der Waals surface area contributed by atoms with Crippen LogP contribution < -0.4 is 0 Å². The highest BCUT2D eigenvalue weighted by Gasteiger charge is 2.25. The Morgan fingerprint density at radius 2 is 0.978 bits per heavy atom. The number of hydrogen-bond donors (Lipinski definition) is 0. The van der Waals surface area contributed by atoms with Gasteiger partial charge in [-0.25, -0.2) is 0 Å². The molecule has 8 aromatic carbocycles. The van der Waals surface area contributed by atoms with Gasteiger partial charge < -0.3 is 4.42 Å². The molecular formula is C44H26OS. The Hall–Kier alpha value is -5.70. The van der Waals surface area contributed by atoms with E-state index in [1.807, 2.05) is 11.3 Å². The highest BCUT2D eigenvalue weighted by Crippen LogP contribution is 2.53. The predicted molar refractivity (Wildman–Crippen MR) is 198 cm³/mol. The van der Waals surface area contributed by atoms with Crippen molar-refractivity contribution in [1.82, 2.24) is 0 Å². The van der Waals surface area contributed by atoms with Gasteiger partial charge >= 0.3 is 0 Å². The molecule has 0 atom stereocenters. The van der Waals surface area contributed by atoms with Crippen LogP contribution in [0.3, 0.4) is 0 Å². The fourth-order valence-corrected chi connectivity index (χ4v) is 8.83. The Balaban J connectivity index is 1.40. The normalized spacial score (nSPS) is 11.9. The molecule has 0 N–H and O–H groups in total.